The van der Waals surface area contributed by atoms with E-state index in [1.165, 1.54) is 0 Å². The molecule has 0 radical (unpaired) electrons. The van der Waals surface area contributed by atoms with Gasteiger partial charge in [0.05, 0.1) is 17.6 Å². The fourth-order valence-electron chi connectivity index (χ4n) is 1.97. The van der Waals surface area contributed by atoms with Crippen molar-refractivity contribution in [3.8, 4) is 0 Å². The summed E-state index contributed by atoms with van der Waals surface area (Å²) < 4.78 is 2.04. The lowest BCUT2D eigenvalue weighted by atomic mass is 10.3. The van der Waals surface area contributed by atoms with Crippen molar-refractivity contribution in [1.29, 1.82) is 0 Å². The van der Waals surface area contributed by atoms with E-state index in [4.69, 9.17) is 5.11 Å². The number of imidazole rings is 1. The van der Waals surface area contributed by atoms with E-state index in [1.54, 1.807) is 0 Å². The Morgan fingerprint density at radius 1 is 1.47 bits per heavy atom. The van der Waals surface area contributed by atoms with Crippen LogP contribution in [0.5, 0.6) is 0 Å². The van der Waals surface area contributed by atoms with Crippen LogP contribution in [0.4, 0.5) is 5.95 Å². The molecule has 2 rings (SSSR count). The third-order valence-electron chi connectivity index (χ3n) is 2.77. The monoisotopic (exact) mass is 231 g/mol. The Labute approximate surface area is 101 Å². The van der Waals surface area contributed by atoms with E-state index in [-0.39, 0.29) is 6.61 Å². The number of hydrogen-bond donors (Lipinski definition) is 1. The molecule has 0 amide bonds. The van der Waals surface area contributed by atoms with Gasteiger partial charge in [-0.1, -0.05) is 18.2 Å². The van der Waals surface area contributed by atoms with Crippen molar-refractivity contribution in [3.05, 3.63) is 36.9 Å². The lowest BCUT2D eigenvalue weighted by molar-refractivity contribution is 0.302. The van der Waals surface area contributed by atoms with E-state index >= 15 is 0 Å². The van der Waals surface area contributed by atoms with Crippen molar-refractivity contribution < 1.29 is 5.11 Å². The molecule has 1 aromatic carbocycles. The highest BCUT2D eigenvalue weighted by Gasteiger charge is 2.12. The van der Waals surface area contributed by atoms with Crippen LogP contribution in [0, 0.1) is 0 Å². The summed E-state index contributed by atoms with van der Waals surface area (Å²) in [6, 6.07) is 8.00. The minimum Gasteiger partial charge on any atom is -0.395 e. The number of fused-ring (bicyclic) bond motifs is 1. The summed E-state index contributed by atoms with van der Waals surface area (Å²) in [7, 11) is 1.98. The highest BCUT2D eigenvalue weighted by Crippen LogP contribution is 2.20. The van der Waals surface area contributed by atoms with E-state index in [0.717, 1.165) is 17.0 Å². The van der Waals surface area contributed by atoms with Gasteiger partial charge < -0.3 is 14.6 Å². The van der Waals surface area contributed by atoms with Crippen LogP contribution in [-0.2, 0) is 7.05 Å². The Hall–Kier alpha value is -1.81. The van der Waals surface area contributed by atoms with Gasteiger partial charge in [0.1, 0.15) is 0 Å². The van der Waals surface area contributed by atoms with E-state index in [1.807, 2.05) is 46.9 Å². The van der Waals surface area contributed by atoms with Crippen LogP contribution in [-0.4, -0.2) is 34.4 Å². The van der Waals surface area contributed by atoms with E-state index in [0.29, 0.717) is 13.1 Å². The van der Waals surface area contributed by atoms with Crippen LogP contribution in [0.25, 0.3) is 11.0 Å². The lowest BCUT2D eigenvalue weighted by Crippen LogP contribution is -2.29. The zero-order valence-electron chi connectivity index (χ0n) is 10.0. The molecule has 1 N–H and O–H groups in total. The predicted molar refractivity (Wildman–Crippen MR) is 70.2 cm³/mol. The molecule has 0 aliphatic heterocycles. The molecule has 1 heterocycles. The fourth-order valence-corrected chi connectivity index (χ4v) is 1.97. The Balaban J connectivity index is 2.45. The number of anilines is 1. The SMILES string of the molecule is C=CCN(CCO)c1nc2ccccc2n1C. The van der Waals surface area contributed by atoms with Crippen molar-refractivity contribution in [2.24, 2.45) is 7.05 Å². The maximum atomic E-state index is 9.08. The predicted octanol–water partition coefficient (Wildman–Crippen LogP) is 1.56. The van der Waals surface area contributed by atoms with Gasteiger partial charge in [0.2, 0.25) is 5.95 Å². The van der Waals surface area contributed by atoms with Crippen molar-refractivity contribution in [2.75, 3.05) is 24.6 Å². The molecule has 0 atom stereocenters. The summed E-state index contributed by atoms with van der Waals surface area (Å²) >= 11 is 0. The number of aliphatic hydroxyl groups is 1. The number of para-hydroxylation sites is 2. The maximum absolute atomic E-state index is 9.08. The van der Waals surface area contributed by atoms with Gasteiger partial charge in [0.25, 0.3) is 0 Å². The zero-order chi connectivity index (χ0) is 12.3. The summed E-state index contributed by atoms with van der Waals surface area (Å²) in [6.45, 7) is 5.08. The third-order valence-corrected chi connectivity index (χ3v) is 2.77. The fraction of sp³-hybridized carbons (Fsp3) is 0.308. The van der Waals surface area contributed by atoms with Gasteiger partial charge in [-0.25, -0.2) is 4.98 Å². The molecule has 0 aliphatic rings. The molecule has 90 valence electrons. The van der Waals surface area contributed by atoms with E-state index in [9.17, 15) is 0 Å². The molecule has 0 unspecified atom stereocenters. The smallest absolute Gasteiger partial charge is 0.206 e. The van der Waals surface area contributed by atoms with Gasteiger partial charge in [-0.3, -0.25) is 0 Å². The Morgan fingerprint density at radius 2 is 2.24 bits per heavy atom. The second kappa shape index (κ2) is 5.01. The molecule has 17 heavy (non-hydrogen) atoms. The van der Waals surface area contributed by atoms with Crippen LogP contribution in [0.15, 0.2) is 36.9 Å². The molecular weight excluding hydrogens is 214 g/mol. The highest BCUT2D eigenvalue weighted by atomic mass is 16.3. The number of aryl methyl sites for hydroxylation is 1. The average Bonchev–Trinajstić information content (AvgIpc) is 2.67. The summed E-state index contributed by atoms with van der Waals surface area (Å²) in [5, 5.41) is 9.08. The molecule has 4 heteroatoms. The van der Waals surface area contributed by atoms with E-state index in [2.05, 4.69) is 11.6 Å². The van der Waals surface area contributed by atoms with Crippen molar-refractivity contribution in [1.82, 2.24) is 9.55 Å². The number of aliphatic hydroxyl groups excluding tert-OH is 1. The van der Waals surface area contributed by atoms with Crippen LogP contribution in [0.2, 0.25) is 0 Å². The van der Waals surface area contributed by atoms with E-state index < -0.39 is 0 Å². The Morgan fingerprint density at radius 3 is 2.88 bits per heavy atom. The number of benzene rings is 1. The summed E-state index contributed by atoms with van der Waals surface area (Å²) in [4.78, 5) is 6.59. The topological polar surface area (TPSA) is 41.3 Å². The van der Waals surface area contributed by atoms with Crippen LogP contribution in [0.1, 0.15) is 0 Å². The van der Waals surface area contributed by atoms with Gasteiger partial charge >= 0.3 is 0 Å². The summed E-state index contributed by atoms with van der Waals surface area (Å²) in [5.41, 5.74) is 2.06. The second-order valence-electron chi connectivity index (χ2n) is 3.92. The zero-order valence-corrected chi connectivity index (χ0v) is 10.0. The molecule has 0 fully saturated rings. The molecule has 0 saturated heterocycles. The summed E-state index contributed by atoms with van der Waals surface area (Å²) in [5.74, 6) is 0.861. The van der Waals surface area contributed by atoms with Crippen LogP contribution >= 0.6 is 0 Å². The first-order valence-electron chi connectivity index (χ1n) is 5.66. The third kappa shape index (κ3) is 2.17. The molecule has 0 spiro atoms. The molecule has 0 bridgehead atoms. The molecule has 0 saturated carbocycles. The first-order chi connectivity index (χ1) is 8.27. The molecule has 2 aromatic rings. The van der Waals surface area contributed by atoms with Crippen molar-refractivity contribution >= 4 is 17.0 Å². The molecule has 1 aromatic heterocycles. The normalized spacial score (nSPS) is 10.7. The van der Waals surface area contributed by atoms with Crippen molar-refractivity contribution in [3.63, 3.8) is 0 Å². The Kier molecular flexibility index (Phi) is 3.44. The van der Waals surface area contributed by atoms with Gasteiger partial charge in [0, 0.05) is 20.1 Å². The largest absolute Gasteiger partial charge is 0.395 e. The lowest BCUT2D eigenvalue weighted by Gasteiger charge is -2.20. The quantitative estimate of drug-likeness (QED) is 0.794. The minimum atomic E-state index is 0.108. The first kappa shape index (κ1) is 11.7. The van der Waals surface area contributed by atoms with Gasteiger partial charge in [0.15, 0.2) is 0 Å². The average molecular weight is 231 g/mol. The number of hydrogen-bond acceptors (Lipinski definition) is 3. The highest BCUT2D eigenvalue weighted by molar-refractivity contribution is 5.78. The Bertz CT molecular complexity index is 518. The minimum absolute atomic E-state index is 0.108. The van der Waals surface area contributed by atoms with Crippen LogP contribution < -0.4 is 4.90 Å². The number of rotatable bonds is 5. The molecule has 0 aliphatic carbocycles. The number of nitrogens with zero attached hydrogens (tertiary/aromatic N) is 3. The van der Waals surface area contributed by atoms with Crippen LogP contribution in [0.3, 0.4) is 0 Å². The van der Waals surface area contributed by atoms with Crippen molar-refractivity contribution in [2.45, 2.75) is 0 Å². The molecular formula is C13H17N3O. The standard InChI is InChI=1S/C13H17N3O/c1-3-8-16(9-10-17)13-14-11-6-4-5-7-12(11)15(13)2/h3-7,17H,1,8-10H2,2H3. The van der Waals surface area contributed by atoms with Gasteiger partial charge in [-0.2, -0.15) is 0 Å². The maximum Gasteiger partial charge on any atom is 0.206 e. The van der Waals surface area contributed by atoms with Gasteiger partial charge in [-0.15, -0.1) is 6.58 Å². The summed E-state index contributed by atoms with van der Waals surface area (Å²) in [6.07, 6.45) is 1.81. The van der Waals surface area contributed by atoms with Gasteiger partial charge in [-0.05, 0) is 12.1 Å². The molecule has 4 nitrogen and oxygen atoms in total. The second-order valence-corrected chi connectivity index (χ2v) is 3.92. The first-order valence-corrected chi connectivity index (χ1v) is 5.66. The number of aromatic nitrogens is 2.